The quantitative estimate of drug-likeness (QED) is 0.735. The first-order chi connectivity index (χ1) is 9.15. The Bertz CT molecular complexity index is 760. The van der Waals surface area contributed by atoms with Gasteiger partial charge >= 0.3 is 5.97 Å². The van der Waals surface area contributed by atoms with Gasteiger partial charge in [-0.1, -0.05) is 30.3 Å². The minimum absolute atomic E-state index is 0.158. The summed E-state index contributed by atoms with van der Waals surface area (Å²) in [5, 5.41) is 9.89. The van der Waals surface area contributed by atoms with Crippen LogP contribution in [-0.2, 0) is 0 Å². The SMILES string of the molecule is Cc1cc(-c2ccccc2)c2cc(C(=O)O)[nH]c2n1. The number of rotatable bonds is 2. The lowest BCUT2D eigenvalue weighted by Gasteiger charge is -2.04. The van der Waals surface area contributed by atoms with Crippen LogP contribution in [0, 0.1) is 6.92 Å². The summed E-state index contributed by atoms with van der Waals surface area (Å²) in [4.78, 5) is 18.2. The molecular weight excluding hydrogens is 240 g/mol. The number of hydrogen-bond acceptors (Lipinski definition) is 2. The molecule has 2 N–H and O–H groups in total. The van der Waals surface area contributed by atoms with Crippen molar-refractivity contribution in [3.8, 4) is 11.1 Å². The smallest absolute Gasteiger partial charge is 0.352 e. The van der Waals surface area contributed by atoms with Crippen molar-refractivity contribution in [3.63, 3.8) is 0 Å². The minimum atomic E-state index is -0.977. The van der Waals surface area contributed by atoms with Crippen molar-refractivity contribution in [2.45, 2.75) is 6.92 Å². The normalized spacial score (nSPS) is 10.8. The molecule has 0 unspecified atom stereocenters. The number of aromatic carboxylic acids is 1. The summed E-state index contributed by atoms with van der Waals surface area (Å²) in [6.45, 7) is 1.90. The molecule has 3 aromatic rings. The zero-order valence-electron chi connectivity index (χ0n) is 10.3. The van der Waals surface area contributed by atoms with Crippen molar-refractivity contribution in [2.24, 2.45) is 0 Å². The predicted octanol–water partition coefficient (Wildman–Crippen LogP) is 3.24. The van der Waals surface area contributed by atoms with Gasteiger partial charge in [0.25, 0.3) is 0 Å². The highest BCUT2D eigenvalue weighted by atomic mass is 16.4. The van der Waals surface area contributed by atoms with Crippen molar-refractivity contribution in [1.82, 2.24) is 9.97 Å². The minimum Gasteiger partial charge on any atom is -0.477 e. The molecule has 4 nitrogen and oxygen atoms in total. The zero-order valence-corrected chi connectivity index (χ0v) is 10.3. The molecule has 1 aromatic carbocycles. The lowest BCUT2D eigenvalue weighted by molar-refractivity contribution is 0.0691. The van der Waals surface area contributed by atoms with Crippen molar-refractivity contribution in [3.05, 3.63) is 53.9 Å². The number of carboxylic acids is 1. The van der Waals surface area contributed by atoms with Crippen molar-refractivity contribution >= 4 is 17.0 Å². The van der Waals surface area contributed by atoms with Crippen LogP contribution in [0.5, 0.6) is 0 Å². The average molecular weight is 252 g/mol. The van der Waals surface area contributed by atoms with Crippen LogP contribution in [0.25, 0.3) is 22.2 Å². The topological polar surface area (TPSA) is 66.0 Å². The summed E-state index contributed by atoms with van der Waals surface area (Å²) in [5.74, 6) is -0.977. The fourth-order valence-corrected chi connectivity index (χ4v) is 2.20. The molecule has 0 fully saturated rings. The number of aromatic nitrogens is 2. The van der Waals surface area contributed by atoms with E-state index >= 15 is 0 Å². The molecule has 2 heterocycles. The molecule has 2 aromatic heterocycles. The van der Waals surface area contributed by atoms with E-state index in [-0.39, 0.29) is 5.69 Å². The number of nitrogens with zero attached hydrogens (tertiary/aromatic N) is 1. The first-order valence-electron chi connectivity index (χ1n) is 5.94. The fourth-order valence-electron chi connectivity index (χ4n) is 2.20. The molecule has 0 saturated carbocycles. The van der Waals surface area contributed by atoms with Crippen LogP contribution in [0.3, 0.4) is 0 Å². The van der Waals surface area contributed by atoms with Gasteiger partial charge in [-0.25, -0.2) is 9.78 Å². The van der Waals surface area contributed by atoms with Gasteiger partial charge < -0.3 is 10.1 Å². The Kier molecular flexibility index (Phi) is 2.56. The largest absolute Gasteiger partial charge is 0.477 e. The maximum atomic E-state index is 11.0. The Morgan fingerprint density at radius 1 is 1.21 bits per heavy atom. The molecule has 0 aliphatic heterocycles. The number of aromatic amines is 1. The molecule has 0 bridgehead atoms. The van der Waals surface area contributed by atoms with E-state index in [9.17, 15) is 4.79 Å². The molecular formula is C15H12N2O2. The van der Waals surface area contributed by atoms with Crippen LogP contribution in [0.4, 0.5) is 0 Å². The molecule has 0 radical (unpaired) electrons. The molecule has 0 aliphatic rings. The summed E-state index contributed by atoms with van der Waals surface area (Å²) in [6, 6.07) is 13.5. The molecule has 0 saturated heterocycles. The van der Waals surface area contributed by atoms with E-state index in [4.69, 9.17) is 5.11 Å². The van der Waals surface area contributed by atoms with Gasteiger partial charge in [-0.3, -0.25) is 0 Å². The molecule has 0 aliphatic carbocycles. The molecule has 0 atom stereocenters. The highest BCUT2D eigenvalue weighted by Crippen LogP contribution is 2.29. The first kappa shape index (κ1) is 11.5. The standard InChI is InChI=1S/C15H12N2O2/c1-9-7-11(10-5-3-2-4-6-10)12-8-13(15(18)19)17-14(12)16-9/h2-8H,1H3,(H,16,17)(H,18,19). The maximum absolute atomic E-state index is 11.0. The van der Waals surface area contributed by atoms with Crippen LogP contribution in [0.2, 0.25) is 0 Å². The second kappa shape index (κ2) is 4.24. The summed E-state index contributed by atoms with van der Waals surface area (Å²) in [7, 11) is 0. The summed E-state index contributed by atoms with van der Waals surface area (Å²) >= 11 is 0. The second-order valence-corrected chi connectivity index (χ2v) is 4.43. The van der Waals surface area contributed by atoms with E-state index in [1.807, 2.05) is 43.3 Å². The highest BCUT2D eigenvalue weighted by molar-refractivity contribution is 5.99. The number of pyridine rings is 1. The lowest BCUT2D eigenvalue weighted by atomic mass is 10.0. The lowest BCUT2D eigenvalue weighted by Crippen LogP contribution is -1.95. The second-order valence-electron chi connectivity index (χ2n) is 4.43. The first-order valence-corrected chi connectivity index (χ1v) is 5.94. The van der Waals surface area contributed by atoms with Crippen molar-refractivity contribution < 1.29 is 9.90 Å². The van der Waals surface area contributed by atoms with E-state index in [1.165, 1.54) is 0 Å². The van der Waals surface area contributed by atoms with Gasteiger partial charge in [0.15, 0.2) is 0 Å². The summed E-state index contributed by atoms with van der Waals surface area (Å²) < 4.78 is 0. The average Bonchev–Trinajstić information content (AvgIpc) is 2.82. The number of benzene rings is 1. The molecule has 4 heteroatoms. The highest BCUT2D eigenvalue weighted by Gasteiger charge is 2.13. The third-order valence-electron chi connectivity index (χ3n) is 3.04. The Morgan fingerprint density at radius 3 is 2.63 bits per heavy atom. The van der Waals surface area contributed by atoms with E-state index < -0.39 is 5.97 Å². The Balaban J connectivity index is 2.32. The van der Waals surface area contributed by atoms with Gasteiger partial charge in [0.05, 0.1) is 0 Å². The van der Waals surface area contributed by atoms with Gasteiger partial charge in [0.1, 0.15) is 11.3 Å². The van der Waals surface area contributed by atoms with Crippen LogP contribution in [0.15, 0.2) is 42.5 Å². The Morgan fingerprint density at radius 2 is 1.95 bits per heavy atom. The van der Waals surface area contributed by atoms with Crippen LogP contribution >= 0.6 is 0 Å². The van der Waals surface area contributed by atoms with Gasteiger partial charge in [-0.15, -0.1) is 0 Å². The number of fused-ring (bicyclic) bond motifs is 1. The zero-order chi connectivity index (χ0) is 13.4. The van der Waals surface area contributed by atoms with Crippen molar-refractivity contribution in [2.75, 3.05) is 0 Å². The fraction of sp³-hybridized carbons (Fsp3) is 0.0667. The third-order valence-corrected chi connectivity index (χ3v) is 3.04. The van der Waals surface area contributed by atoms with Crippen molar-refractivity contribution in [1.29, 1.82) is 0 Å². The van der Waals surface area contributed by atoms with E-state index in [0.29, 0.717) is 5.65 Å². The number of carbonyl (C=O) groups is 1. The molecule has 94 valence electrons. The third kappa shape index (κ3) is 1.97. The number of H-pyrrole nitrogens is 1. The molecule has 19 heavy (non-hydrogen) atoms. The Labute approximate surface area is 109 Å². The molecule has 0 amide bonds. The number of hydrogen-bond donors (Lipinski definition) is 2. The Hall–Kier alpha value is -2.62. The number of carboxylic acid groups (broad SMARTS) is 1. The monoisotopic (exact) mass is 252 g/mol. The van der Waals surface area contributed by atoms with Gasteiger partial charge in [0, 0.05) is 11.1 Å². The van der Waals surface area contributed by atoms with E-state index in [1.54, 1.807) is 6.07 Å². The summed E-state index contributed by atoms with van der Waals surface area (Å²) in [5.41, 5.74) is 3.66. The van der Waals surface area contributed by atoms with Gasteiger partial charge in [-0.05, 0) is 30.2 Å². The van der Waals surface area contributed by atoms with Crippen LogP contribution in [0.1, 0.15) is 16.2 Å². The maximum Gasteiger partial charge on any atom is 0.352 e. The predicted molar refractivity (Wildman–Crippen MR) is 73.2 cm³/mol. The van der Waals surface area contributed by atoms with E-state index in [2.05, 4.69) is 9.97 Å². The summed E-state index contributed by atoms with van der Waals surface area (Å²) in [6.07, 6.45) is 0. The van der Waals surface area contributed by atoms with Crippen LogP contribution < -0.4 is 0 Å². The number of aryl methyl sites for hydroxylation is 1. The molecule has 0 spiro atoms. The van der Waals surface area contributed by atoms with Gasteiger partial charge in [0.2, 0.25) is 0 Å². The number of nitrogens with one attached hydrogen (secondary N) is 1. The van der Waals surface area contributed by atoms with Gasteiger partial charge in [-0.2, -0.15) is 0 Å². The molecule has 3 rings (SSSR count). The van der Waals surface area contributed by atoms with E-state index in [0.717, 1.165) is 22.2 Å². The van der Waals surface area contributed by atoms with Crippen LogP contribution in [-0.4, -0.2) is 21.0 Å².